The van der Waals surface area contributed by atoms with Gasteiger partial charge in [-0.25, -0.2) is 0 Å². The van der Waals surface area contributed by atoms with Crippen LogP contribution in [0.3, 0.4) is 0 Å². The van der Waals surface area contributed by atoms with Gasteiger partial charge in [0, 0.05) is 6.42 Å². The molecular weight excluding hydrogens is 192 g/mol. The Morgan fingerprint density at radius 1 is 1.47 bits per heavy atom. The summed E-state index contributed by atoms with van der Waals surface area (Å²) in [6.45, 7) is 4.14. The van der Waals surface area contributed by atoms with E-state index in [0.29, 0.717) is 18.9 Å². The van der Waals surface area contributed by atoms with Gasteiger partial charge >= 0.3 is 5.97 Å². The molecule has 1 fully saturated rings. The number of allylic oxidation sites excluding steroid dienone is 2. The zero-order valence-corrected chi connectivity index (χ0v) is 9.21. The first-order valence-corrected chi connectivity index (χ1v) is 5.53. The van der Waals surface area contributed by atoms with Crippen LogP contribution in [0.4, 0.5) is 0 Å². The number of ketones is 1. The first-order valence-electron chi connectivity index (χ1n) is 5.53. The van der Waals surface area contributed by atoms with Crippen LogP contribution in [0.2, 0.25) is 0 Å². The highest BCUT2D eigenvalue weighted by Crippen LogP contribution is 2.44. The van der Waals surface area contributed by atoms with Gasteiger partial charge in [0.05, 0.1) is 12.5 Å². The first-order chi connectivity index (χ1) is 7.13. The van der Waals surface area contributed by atoms with Crippen LogP contribution < -0.4 is 0 Å². The van der Waals surface area contributed by atoms with Gasteiger partial charge in [-0.3, -0.25) is 9.59 Å². The standard InChI is InChI=1S/C12H16O3/c1-3-15-12(14)9-4-8-6-11(13)7(2)10(8)5-9/h8-9H,3-6H2,1-2H3. The van der Waals surface area contributed by atoms with Crippen molar-refractivity contribution >= 4 is 11.8 Å². The Labute approximate surface area is 89.5 Å². The fraction of sp³-hybridized carbons (Fsp3) is 0.667. The zero-order valence-electron chi connectivity index (χ0n) is 9.21. The molecule has 0 aromatic rings. The molecule has 2 unspecified atom stereocenters. The molecule has 2 atom stereocenters. The number of carbonyl (C=O) groups excluding carboxylic acids is 2. The quantitative estimate of drug-likeness (QED) is 0.650. The molecule has 3 heteroatoms. The van der Waals surface area contributed by atoms with E-state index in [1.54, 1.807) is 0 Å². The van der Waals surface area contributed by atoms with E-state index in [1.165, 1.54) is 5.57 Å². The summed E-state index contributed by atoms with van der Waals surface area (Å²) in [4.78, 5) is 23.0. The Balaban J connectivity index is 2.08. The minimum Gasteiger partial charge on any atom is -0.466 e. The Kier molecular flexibility index (Phi) is 2.63. The minimum atomic E-state index is -0.0975. The van der Waals surface area contributed by atoms with Crippen LogP contribution in [0.15, 0.2) is 11.1 Å². The predicted octanol–water partition coefficient (Wildman–Crippen LogP) is 1.86. The molecule has 1 saturated carbocycles. The van der Waals surface area contributed by atoms with Crippen molar-refractivity contribution in [1.29, 1.82) is 0 Å². The van der Waals surface area contributed by atoms with Gasteiger partial charge < -0.3 is 4.74 Å². The lowest BCUT2D eigenvalue weighted by atomic mass is 10.0. The molecule has 0 saturated heterocycles. The number of Topliss-reactive ketones (excluding diaryl/α,β-unsaturated/α-hetero) is 1. The smallest absolute Gasteiger partial charge is 0.309 e. The molecule has 0 aromatic carbocycles. The number of ether oxygens (including phenoxy) is 1. The molecule has 0 aliphatic heterocycles. The SMILES string of the molecule is CCOC(=O)C1CC2=C(C)C(=O)CC2C1. The highest BCUT2D eigenvalue weighted by Gasteiger charge is 2.40. The molecule has 15 heavy (non-hydrogen) atoms. The molecule has 2 aliphatic carbocycles. The van der Waals surface area contributed by atoms with E-state index in [2.05, 4.69) is 0 Å². The van der Waals surface area contributed by atoms with Crippen molar-refractivity contribution in [1.82, 2.24) is 0 Å². The van der Waals surface area contributed by atoms with E-state index in [1.807, 2.05) is 13.8 Å². The normalized spacial score (nSPS) is 29.6. The van der Waals surface area contributed by atoms with Crippen LogP contribution in [0.1, 0.15) is 33.1 Å². The lowest BCUT2D eigenvalue weighted by molar-refractivity contribution is -0.147. The van der Waals surface area contributed by atoms with E-state index in [-0.39, 0.29) is 17.7 Å². The third-order valence-electron chi connectivity index (χ3n) is 3.48. The number of hydrogen-bond donors (Lipinski definition) is 0. The van der Waals surface area contributed by atoms with E-state index < -0.39 is 0 Å². The second-order valence-corrected chi connectivity index (χ2v) is 4.36. The lowest BCUT2D eigenvalue weighted by Gasteiger charge is -2.08. The van der Waals surface area contributed by atoms with Crippen molar-refractivity contribution in [2.45, 2.75) is 33.1 Å². The summed E-state index contributed by atoms with van der Waals surface area (Å²) in [6.07, 6.45) is 2.15. The van der Waals surface area contributed by atoms with Gasteiger partial charge in [-0.15, -0.1) is 0 Å². The maximum atomic E-state index is 11.5. The summed E-state index contributed by atoms with van der Waals surface area (Å²) >= 11 is 0. The van der Waals surface area contributed by atoms with Crippen LogP contribution in [0.5, 0.6) is 0 Å². The van der Waals surface area contributed by atoms with Gasteiger partial charge in [-0.1, -0.05) is 5.57 Å². The predicted molar refractivity (Wildman–Crippen MR) is 55.2 cm³/mol. The van der Waals surface area contributed by atoms with Gasteiger partial charge in [0.2, 0.25) is 0 Å². The number of esters is 1. The van der Waals surface area contributed by atoms with Crippen LogP contribution in [0.25, 0.3) is 0 Å². The van der Waals surface area contributed by atoms with Crippen molar-refractivity contribution in [2.75, 3.05) is 6.61 Å². The van der Waals surface area contributed by atoms with E-state index in [0.717, 1.165) is 18.4 Å². The van der Waals surface area contributed by atoms with Crippen molar-refractivity contribution in [3.63, 3.8) is 0 Å². The molecule has 0 amide bonds. The van der Waals surface area contributed by atoms with Gasteiger partial charge in [-0.05, 0) is 38.2 Å². The summed E-state index contributed by atoms with van der Waals surface area (Å²) in [5, 5.41) is 0. The van der Waals surface area contributed by atoms with E-state index >= 15 is 0 Å². The molecule has 0 bridgehead atoms. The van der Waals surface area contributed by atoms with Crippen molar-refractivity contribution in [3.05, 3.63) is 11.1 Å². The summed E-state index contributed by atoms with van der Waals surface area (Å²) in [6, 6.07) is 0. The van der Waals surface area contributed by atoms with Crippen molar-refractivity contribution in [3.8, 4) is 0 Å². The highest BCUT2D eigenvalue weighted by molar-refractivity contribution is 5.99. The highest BCUT2D eigenvalue weighted by atomic mass is 16.5. The third kappa shape index (κ3) is 1.71. The number of hydrogen-bond acceptors (Lipinski definition) is 3. The van der Waals surface area contributed by atoms with E-state index in [4.69, 9.17) is 4.74 Å². The molecule has 3 nitrogen and oxygen atoms in total. The minimum absolute atomic E-state index is 0.00648. The number of rotatable bonds is 2. The van der Waals surface area contributed by atoms with Crippen LogP contribution in [0, 0.1) is 11.8 Å². The Hall–Kier alpha value is -1.12. The fourth-order valence-electron chi connectivity index (χ4n) is 2.66. The molecule has 0 spiro atoms. The largest absolute Gasteiger partial charge is 0.466 e. The average molecular weight is 208 g/mol. The molecule has 0 aromatic heterocycles. The summed E-state index contributed by atoms with van der Waals surface area (Å²) < 4.78 is 5.01. The zero-order chi connectivity index (χ0) is 11.0. The van der Waals surface area contributed by atoms with Gasteiger partial charge in [0.25, 0.3) is 0 Å². The van der Waals surface area contributed by atoms with Crippen LogP contribution >= 0.6 is 0 Å². The summed E-state index contributed by atoms with van der Waals surface area (Å²) in [7, 11) is 0. The van der Waals surface area contributed by atoms with Gasteiger partial charge in [-0.2, -0.15) is 0 Å². The Morgan fingerprint density at radius 3 is 2.80 bits per heavy atom. The molecule has 82 valence electrons. The third-order valence-corrected chi connectivity index (χ3v) is 3.48. The fourth-order valence-corrected chi connectivity index (χ4v) is 2.66. The maximum Gasteiger partial charge on any atom is 0.309 e. The molecule has 2 rings (SSSR count). The molecule has 0 N–H and O–H groups in total. The monoisotopic (exact) mass is 208 g/mol. The van der Waals surface area contributed by atoms with Crippen LogP contribution in [-0.4, -0.2) is 18.4 Å². The molecule has 0 heterocycles. The number of fused-ring (bicyclic) bond motifs is 1. The maximum absolute atomic E-state index is 11.5. The second kappa shape index (κ2) is 3.80. The van der Waals surface area contributed by atoms with Gasteiger partial charge in [0.15, 0.2) is 5.78 Å². The topological polar surface area (TPSA) is 43.4 Å². The second-order valence-electron chi connectivity index (χ2n) is 4.36. The molecule has 0 radical (unpaired) electrons. The van der Waals surface area contributed by atoms with Crippen molar-refractivity contribution in [2.24, 2.45) is 11.8 Å². The van der Waals surface area contributed by atoms with Crippen LogP contribution in [-0.2, 0) is 14.3 Å². The lowest BCUT2D eigenvalue weighted by Crippen LogP contribution is -2.15. The summed E-state index contributed by atoms with van der Waals surface area (Å²) in [5.74, 6) is 0.483. The Bertz CT molecular complexity index is 341. The number of carbonyl (C=O) groups is 2. The van der Waals surface area contributed by atoms with Crippen molar-refractivity contribution < 1.29 is 14.3 Å². The Morgan fingerprint density at radius 2 is 2.20 bits per heavy atom. The average Bonchev–Trinajstić information content (AvgIpc) is 2.70. The van der Waals surface area contributed by atoms with E-state index in [9.17, 15) is 9.59 Å². The van der Waals surface area contributed by atoms with Gasteiger partial charge in [0.1, 0.15) is 0 Å². The molecular formula is C12H16O3. The summed E-state index contributed by atoms with van der Waals surface area (Å²) in [5.41, 5.74) is 2.10. The first kappa shape index (κ1) is 10.4. The molecule has 2 aliphatic rings.